The van der Waals surface area contributed by atoms with E-state index in [9.17, 15) is 0 Å². The van der Waals surface area contributed by atoms with Gasteiger partial charge in [0.15, 0.2) is 0 Å². The Balaban J connectivity index is 1.05. The van der Waals surface area contributed by atoms with Crippen LogP contribution in [0.3, 0.4) is 0 Å². The van der Waals surface area contributed by atoms with E-state index < -0.39 is 0 Å². The second-order valence-electron chi connectivity index (χ2n) is 19.7. The highest BCUT2D eigenvalue weighted by Crippen LogP contribution is 2.69. The first-order chi connectivity index (χ1) is 27.2. The lowest BCUT2D eigenvalue weighted by atomic mass is 9.43. The van der Waals surface area contributed by atoms with Crippen molar-refractivity contribution >= 4 is 38.9 Å². The molecule has 6 aliphatic carbocycles. The van der Waals surface area contributed by atoms with Crippen LogP contribution in [0, 0.1) is 23.7 Å². The minimum atomic E-state index is 0.122. The Hall–Kier alpha value is -5.08. The van der Waals surface area contributed by atoms with Crippen LogP contribution in [0.15, 0.2) is 133 Å². The van der Waals surface area contributed by atoms with Gasteiger partial charge in [0, 0.05) is 38.9 Å². The lowest BCUT2D eigenvalue weighted by Crippen LogP contribution is -2.55. The molecular formula is C54H52N2. The normalized spacial score (nSPS) is 26.1. The molecule has 1 aromatic heterocycles. The van der Waals surface area contributed by atoms with Gasteiger partial charge in [-0.15, -0.1) is 0 Å². The third kappa shape index (κ3) is 4.45. The Bertz CT molecular complexity index is 2640. The average Bonchev–Trinajstić information content (AvgIpc) is 3.70. The topological polar surface area (TPSA) is 8.17 Å². The SMILES string of the molecule is CC1(C)CCC(C)(C)c2cc(N(c3ccc(-n4c5ccccc5c5ccccc54)cc3)c3ccc4c(c3)C3(c5ccccc5-4)C4CC5CC(C4)CC3C5)ccc21. The Kier molecular flexibility index (Phi) is 6.80. The number of benzene rings is 6. The van der Waals surface area contributed by atoms with Gasteiger partial charge >= 0.3 is 0 Å². The summed E-state index contributed by atoms with van der Waals surface area (Å²) in [6, 6.07) is 51.6. The van der Waals surface area contributed by atoms with Crippen LogP contribution in [0.25, 0.3) is 38.6 Å². The molecule has 0 amide bonds. The quantitative estimate of drug-likeness (QED) is 0.175. The average molecular weight is 729 g/mol. The first-order valence-electron chi connectivity index (χ1n) is 21.5. The van der Waals surface area contributed by atoms with Crippen molar-refractivity contribution in [2.24, 2.45) is 23.7 Å². The number of nitrogens with zero attached hydrogens (tertiary/aromatic N) is 2. The van der Waals surface area contributed by atoms with Crippen LogP contribution in [-0.2, 0) is 16.2 Å². The van der Waals surface area contributed by atoms with E-state index in [0.717, 1.165) is 23.7 Å². The summed E-state index contributed by atoms with van der Waals surface area (Å²) in [5.41, 5.74) is 17.1. The standard InChI is InChI=1S/C54H52N2/c1-52(2)25-26-53(3,4)49-33-41(22-24-47(49)52)55(38-17-19-39(20-18-38)56-50-15-9-6-12-44(50)45-13-7-10-16-51(45)56)40-21-23-43-42-11-5-8-14-46(42)54(48(43)32-40)36-28-34-27-35(30-36)31-37(54)29-34/h5-24,32-37H,25-31H2,1-4H3. The van der Waals surface area contributed by atoms with E-state index in [2.05, 4.69) is 171 Å². The molecular weight excluding hydrogens is 677 g/mol. The number of aromatic nitrogens is 1. The van der Waals surface area contributed by atoms with Gasteiger partial charge in [-0.3, -0.25) is 0 Å². The van der Waals surface area contributed by atoms with E-state index in [1.165, 1.54) is 112 Å². The monoisotopic (exact) mass is 728 g/mol. The molecule has 4 fully saturated rings. The molecule has 1 heterocycles. The summed E-state index contributed by atoms with van der Waals surface area (Å²) in [6.07, 6.45) is 9.49. The van der Waals surface area contributed by atoms with Gasteiger partial charge in [-0.2, -0.15) is 0 Å². The van der Waals surface area contributed by atoms with Crippen LogP contribution >= 0.6 is 0 Å². The fraction of sp³-hybridized carbons (Fsp3) is 0.333. The van der Waals surface area contributed by atoms with Gasteiger partial charge in [0.25, 0.3) is 0 Å². The van der Waals surface area contributed by atoms with Crippen molar-refractivity contribution in [3.8, 4) is 16.8 Å². The van der Waals surface area contributed by atoms with Crippen molar-refractivity contribution in [3.63, 3.8) is 0 Å². The number of rotatable bonds is 4. The molecule has 2 heteroatoms. The number of anilines is 3. The molecule has 4 saturated carbocycles. The molecule has 6 aromatic carbocycles. The molecule has 4 bridgehead atoms. The largest absolute Gasteiger partial charge is 0.310 e. The van der Waals surface area contributed by atoms with Crippen molar-refractivity contribution < 1.29 is 0 Å². The van der Waals surface area contributed by atoms with E-state index in [4.69, 9.17) is 0 Å². The minimum absolute atomic E-state index is 0.122. The first kappa shape index (κ1) is 33.1. The smallest absolute Gasteiger partial charge is 0.0541 e. The van der Waals surface area contributed by atoms with Crippen molar-refractivity contribution in [2.45, 2.75) is 88.9 Å². The summed E-state index contributed by atoms with van der Waals surface area (Å²) in [5, 5.41) is 2.59. The molecule has 1 spiro atoms. The maximum absolute atomic E-state index is 2.66. The van der Waals surface area contributed by atoms with Gasteiger partial charge in [-0.25, -0.2) is 0 Å². The van der Waals surface area contributed by atoms with Crippen LogP contribution in [0.5, 0.6) is 0 Å². The van der Waals surface area contributed by atoms with Gasteiger partial charge in [0.1, 0.15) is 0 Å². The molecule has 6 aliphatic rings. The first-order valence-corrected chi connectivity index (χ1v) is 21.5. The van der Waals surface area contributed by atoms with E-state index in [-0.39, 0.29) is 16.2 Å². The second-order valence-corrected chi connectivity index (χ2v) is 19.7. The molecule has 278 valence electrons. The van der Waals surface area contributed by atoms with Crippen molar-refractivity contribution in [2.75, 3.05) is 4.90 Å². The lowest BCUT2D eigenvalue weighted by molar-refractivity contribution is -0.0399. The molecule has 0 saturated heterocycles. The summed E-state index contributed by atoms with van der Waals surface area (Å²) >= 11 is 0. The number of fused-ring (bicyclic) bond motifs is 7. The molecule has 0 radical (unpaired) electrons. The number of hydrogen-bond donors (Lipinski definition) is 0. The Morgan fingerprint density at radius 2 is 0.982 bits per heavy atom. The van der Waals surface area contributed by atoms with Crippen molar-refractivity contribution in [1.29, 1.82) is 0 Å². The van der Waals surface area contributed by atoms with Crippen LogP contribution < -0.4 is 4.90 Å². The summed E-state index contributed by atoms with van der Waals surface area (Å²) in [4.78, 5) is 2.58. The Morgan fingerprint density at radius 3 is 1.64 bits per heavy atom. The Labute approximate surface area is 332 Å². The van der Waals surface area contributed by atoms with Gasteiger partial charge in [0.05, 0.1) is 11.0 Å². The van der Waals surface area contributed by atoms with E-state index in [0.29, 0.717) is 0 Å². The van der Waals surface area contributed by atoms with E-state index in [1.54, 1.807) is 11.1 Å². The fourth-order valence-electron chi connectivity index (χ4n) is 13.4. The zero-order valence-electron chi connectivity index (χ0n) is 33.4. The summed E-state index contributed by atoms with van der Waals surface area (Å²) in [6.45, 7) is 9.79. The zero-order valence-corrected chi connectivity index (χ0v) is 33.4. The molecule has 0 atom stereocenters. The fourth-order valence-corrected chi connectivity index (χ4v) is 13.4. The highest BCUT2D eigenvalue weighted by Gasteiger charge is 2.61. The molecule has 0 N–H and O–H groups in total. The third-order valence-corrected chi connectivity index (χ3v) is 15.8. The molecule has 2 nitrogen and oxygen atoms in total. The van der Waals surface area contributed by atoms with Gasteiger partial charge in [-0.05, 0) is 173 Å². The molecule has 0 aliphatic heterocycles. The molecule has 0 unspecified atom stereocenters. The maximum Gasteiger partial charge on any atom is 0.0541 e. The highest BCUT2D eigenvalue weighted by atomic mass is 15.1. The van der Waals surface area contributed by atoms with Crippen LogP contribution in [0.4, 0.5) is 17.1 Å². The Morgan fingerprint density at radius 1 is 0.464 bits per heavy atom. The van der Waals surface area contributed by atoms with Gasteiger partial charge in [0.2, 0.25) is 0 Å². The van der Waals surface area contributed by atoms with Crippen molar-refractivity contribution in [1.82, 2.24) is 4.57 Å². The number of para-hydroxylation sites is 2. The van der Waals surface area contributed by atoms with Crippen molar-refractivity contribution in [3.05, 3.63) is 156 Å². The highest BCUT2D eigenvalue weighted by molar-refractivity contribution is 6.09. The predicted molar refractivity (Wildman–Crippen MR) is 234 cm³/mol. The molecule has 13 rings (SSSR count). The van der Waals surface area contributed by atoms with Crippen LogP contribution in [0.2, 0.25) is 0 Å². The third-order valence-electron chi connectivity index (χ3n) is 15.8. The zero-order chi connectivity index (χ0) is 37.6. The predicted octanol–water partition coefficient (Wildman–Crippen LogP) is 14.3. The number of hydrogen-bond acceptors (Lipinski definition) is 1. The molecule has 7 aromatic rings. The summed E-state index contributed by atoms with van der Waals surface area (Å²) < 4.78 is 2.44. The van der Waals surface area contributed by atoms with Gasteiger partial charge in [-0.1, -0.05) is 100 Å². The second kappa shape index (κ2) is 11.5. The van der Waals surface area contributed by atoms with Crippen LogP contribution in [0.1, 0.15) is 94.9 Å². The molecule has 56 heavy (non-hydrogen) atoms. The summed E-state index contributed by atoms with van der Waals surface area (Å²) in [7, 11) is 0. The van der Waals surface area contributed by atoms with E-state index >= 15 is 0 Å². The van der Waals surface area contributed by atoms with Crippen LogP contribution in [-0.4, -0.2) is 4.57 Å². The van der Waals surface area contributed by atoms with E-state index in [1.807, 2.05) is 0 Å². The minimum Gasteiger partial charge on any atom is -0.310 e. The lowest BCUT2D eigenvalue weighted by Gasteiger charge is -2.61. The summed E-state index contributed by atoms with van der Waals surface area (Å²) in [5.74, 6) is 3.33. The maximum atomic E-state index is 2.66. The van der Waals surface area contributed by atoms with Gasteiger partial charge < -0.3 is 9.47 Å².